The van der Waals surface area contributed by atoms with Crippen LogP contribution in [0.5, 0.6) is 0 Å². The van der Waals surface area contributed by atoms with Gasteiger partial charge in [-0.25, -0.2) is 0 Å². The highest BCUT2D eigenvalue weighted by molar-refractivity contribution is 5.76. The molecule has 12 atom stereocenters. The van der Waals surface area contributed by atoms with Gasteiger partial charge >= 0.3 is 0 Å². The molecule has 0 aliphatic carbocycles. The zero-order valence-electron chi connectivity index (χ0n) is 52.3. The first-order chi connectivity index (χ1) is 39.6. The van der Waals surface area contributed by atoms with E-state index in [0.29, 0.717) is 12.8 Å². The first-order valence-corrected chi connectivity index (χ1v) is 34.8. The first kappa shape index (κ1) is 76.1. The minimum Gasteiger partial charge on any atom is -0.394 e. The highest BCUT2D eigenvalue weighted by atomic mass is 16.7. The molecule has 14 heteroatoms. The molecule has 0 aromatic carbocycles. The first-order valence-electron chi connectivity index (χ1n) is 34.8. The van der Waals surface area contributed by atoms with E-state index in [4.69, 9.17) is 18.9 Å². The average molecular weight is 1160 g/mol. The number of carbonyl (C=O) groups is 1. The molecular weight excluding hydrogens is 1030 g/mol. The van der Waals surface area contributed by atoms with E-state index >= 15 is 0 Å². The van der Waals surface area contributed by atoms with Crippen molar-refractivity contribution in [2.24, 2.45) is 0 Å². The van der Waals surface area contributed by atoms with Crippen molar-refractivity contribution in [3.63, 3.8) is 0 Å². The number of carbonyl (C=O) groups excluding carboxylic acids is 1. The van der Waals surface area contributed by atoms with Crippen LogP contribution in [0.3, 0.4) is 0 Å². The van der Waals surface area contributed by atoms with Crippen LogP contribution in [-0.2, 0) is 23.7 Å². The van der Waals surface area contributed by atoms with E-state index in [2.05, 4.69) is 19.2 Å². The normalized spacial score (nSPS) is 24.0. The Hall–Kier alpha value is -1.01. The number of nitrogens with one attached hydrogen (secondary N) is 1. The lowest BCUT2D eigenvalue weighted by atomic mass is 9.97. The Labute approximate surface area is 495 Å². The van der Waals surface area contributed by atoms with Crippen LogP contribution >= 0.6 is 0 Å². The quantitative estimate of drug-likeness (QED) is 0.0259. The van der Waals surface area contributed by atoms with Crippen molar-refractivity contribution in [1.82, 2.24) is 5.32 Å². The SMILES string of the molecule is CCCCCCCCCCCCCCCCCCCCCCCCCCCCC(O)C(COC1OC(CO)C(OC2OC(CO)C(O)C(O)C2O)C(O)C1O)NC(=O)CCCCCCCCCCCCCCCCCCCCCCC. The maximum atomic E-state index is 13.3. The van der Waals surface area contributed by atoms with Gasteiger partial charge in [-0.05, 0) is 12.8 Å². The number of rotatable bonds is 58. The van der Waals surface area contributed by atoms with Gasteiger partial charge in [0.05, 0.1) is 32.0 Å². The van der Waals surface area contributed by atoms with Crippen molar-refractivity contribution in [1.29, 1.82) is 0 Å². The fraction of sp³-hybridized carbons (Fsp3) is 0.985. The number of ether oxygens (including phenoxy) is 4. The summed E-state index contributed by atoms with van der Waals surface area (Å²) in [5.41, 5.74) is 0. The number of amides is 1. The zero-order chi connectivity index (χ0) is 58.8. The smallest absolute Gasteiger partial charge is 0.220 e. The number of unbranched alkanes of at least 4 members (excludes halogenated alkanes) is 45. The molecular formula is C67H131NO13. The summed E-state index contributed by atoms with van der Waals surface area (Å²) in [7, 11) is 0. The van der Waals surface area contributed by atoms with Crippen molar-refractivity contribution in [2.45, 2.75) is 402 Å². The second-order valence-corrected chi connectivity index (χ2v) is 25.0. The minimum atomic E-state index is -1.78. The summed E-state index contributed by atoms with van der Waals surface area (Å²) in [5.74, 6) is -0.197. The zero-order valence-corrected chi connectivity index (χ0v) is 52.3. The number of aliphatic hydroxyl groups is 8. The summed E-state index contributed by atoms with van der Waals surface area (Å²) >= 11 is 0. The molecule has 482 valence electrons. The monoisotopic (exact) mass is 1160 g/mol. The number of aliphatic hydroxyl groups excluding tert-OH is 8. The van der Waals surface area contributed by atoms with Gasteiger partial charge in [-0.1, -0.05) is 309 Å². The minimum absolute atomic E-state index is 0.197. The fourth-order valence-electron chi connectivity index (χ4n) is 12.0. The van der Waals surface area contributed by atoms with Crippen molar-refractivity contribution >= 4 is 5.91 Å². The van der Waals surface area contributed by atoms with Gasteiger partial charge in [0.2, 0.25) is 5.91 Å². The summed E-state index contributed by atoms with van der Waals surface area (Å²) < 4.78 is 22.9. The van der Waals surface area contributed by atoms with Crippen LogP contribution in [0.25, 0.3) is 0 Å². The molecule has 0 spiro atoms. The Morgan fingerprint density at radius 2 is 0.704 bits per heavy atom. The van der Waals surface area contributed by atoms with Crippen molar-refractivity contribution < 1.29 is 64.6 Å². The predicted molar refractivity (Wildman–Crippen MR) is 328 cm³/mol. The van der Waals surface area contributed by atoms with Crippen molar-refractivity contribution in [3.05, 3.63) is 0 Å². The maximum Gasteiger partial charge on any atom is 0.220 e. The summed E-state index contributed by atoms with van der Waals surface area (Å²) in [6.07, 6.45) is 45.4. The van der Waals surface area contributed by atoms with Gasteiger partial charge < -0.3 is 65.1 Å². The van der Waals surface area contributed by atoms with Gasteiger partial charge in [-0.2, -0.15) is 0 Å². The van der Waals surface area contributed by atoms with E-state index in [1.807, 2.05) is 0 Å². The van der Waals surface area contributed by atoms with Crippen LogP contribution in [-0.4, -0.2) is 140 Å². The van der Waals surface area contributed by atoms with Crippen LogP contribution < -0.4 is 5.32 Å². The molecule has 12 unspecified atom stereocenters. The Morgan fingerprint density at radius 3 is 1.05 bits per heavy atom. The molecule has 2 saturated heterocycles. The molecule has 0 radical (unpaired) electrons. The number of hydrogen-bond donors (Lipinski definition) is 9. The molecule has 1 amide bonds. The van der Waals surface area contributed by atoms with Gasteiger partial charge in [0, 0.05) is 6.42 Å². The van der Waals surface area contributed by atoms with E-state index in [9.17, 15) is 45.6 Å². The molecule has 0 aromatic rings. The second-order valence-electron chi connectivity index (χ2n) is 25.0. The lowest BCUT2D eigenvalue weighted by molar-refractivity contribution is -0.359. The molecule has 2 aliphatic rings. The van der Waals surface area contributed by atoms with Gasteiger partial charge in [0.1, 0.15) is 48.8 Å². The van der Waals surface area contributed by atoms with Gasteiger partial charge in [0.25, 0.3) is 0 Å². The highest BCUT2D eigenvalue weighted by Crippen LogP contribution is 2.30. The average Bonchev–Trinajstić information content (AvgIpc) is 3.48. The van der Waals surface area contributed by atoms with E-state index in [1.54, 1.807) is 0 Å². The molecule has 2 rings (SSSR count). The lowest BCUT2D eigenvalue weighted by Crippen LogP contribution is -2.65. The molecule has 2 aliphatic heterocycles. The van der Waals surface area contributed by atoms with Crippen LogP contribution in [0, 0.1) is 0 Å². The Kier molecular flexibility index (Phi) is 50.0. The topological polar surface area (TPSA) is 228 Å². The summed E-state index contributed by atoms with van der Waals surface area (Å²) in [4.78, 5) is 13.3. The lowest BCUT2D eigenvalue weighted by Gasteiger charge is -2.46. The van der Waals surface area contributed by atoms with Crippen molar-refractivity contribution in [3.8, 4) is 0 Å². The highest BCUT2D eigenvalue weighted by Gasteiger charge is 2.51. The molecule has 9 N–H and O–H groups in total. The third-order valence-electron chi connectivity index (χ3n) is 17.6. The largest absolute Gasteiger partial charge is 0.394 e. The van der Waals surface area contributed by atoms with E-state index in [1.165, 1.54) is 250 Å². The van der Waals surface area contributed by atoms with Gasteiger partial charge in [0.15, 0.2) is 12.6 Å². The molecule has 0 aromatic heterocycles. The van der Waals surface area contributed by atoms with Gasteiger partial charge in [-0.15, -0.1) is 0 Å². The van der Waals surface area contributed by atoms with Crippen LogP contribution in [0.1, 0.15) is 328 Å². The van der Waals surface area contributed by atoms with Crippen LogP contribution in [0.15, 0.2) is 0 Å². The Bertz CT molecular complexity index is 1360. The predicted octanol–water partition coefficient (Wildman–Crippen LogP) is 13.6. The fourth-order valence-corrected chi connectivity index (χ4v) is 12.0. The standard InChI is InChI=1S/C67H131NO13/c1-3-5-7-9-11-13-15-17-19-21-23-25-26-27-28-29-31-32-34-36-38-40-42-44-46-48-50-56(71)55(54-78-66-64(77)62(75)65(58(53-70)80-66)81-67-63(76)61(74)60(73)57(52-69)79-67)68-59(72)51-49-47-45-43-41-39-37-35-33-30-24-22-20-18-16-14-12-10-8-6-4-2/h55-58,60-67,69-71,73-77H,3-54H2,1-2H3,(H,68,72). The molecule has 0 saturated carbocycles. The summed E-state index contributed by atoms with van der Waals surface area (Å²) in [5, 5.41) is 87.6. The van der Waals surface area contributed by atoms with Gasteiger partial charge in [-0.3, -0.25) is 4.79 Å². The third-order valence-corrected chi connectivity index (χ3v) is 17.6. The van der Waals surface area contributed by atoms with Crippen LogP contribution in [0.4, 0.5) is 0 Å². The maximum absolute atomic E-state index is 13.3. The molecule has 0 bridgehead atoms. The number of hydrogen-bond acceptors (Lipinski definition) is 13. The molecule has 2 fully saturated rings. The third kappa shape index (κ3) is 38.0. The molecule has 81 heavy (non-hydrogen) atoms. The molecule has 14 nitrogen and oxygen atoms in total. The Balaban J connectivity index is 1.67. The van der Waals surface area contributed by atoms with E-state index < -0.39 is 86.8 Å². The van der Waals surface area contributed by atoms with Crippen molar-refractivity contribution in [2.75, 3.05) is 19.8 Å². The van der Waals surface area contributed by atoms with E-state index in [0.717, 1.165) is 51.4 Å². The summed E-state index contributed by atoms with van der Waals surface area (Å²) in [6.45, 7) is 2.93. The van der Waals surface area contributed by atoms with Crippen LogP contribution in [0.2, 0.25) is 0 Å². The second kappa shape index (κ2) is 53.2. The molecule has 2 heterocycles. The summed E-state index contributed by atoms with van der Waals surface area (Å²) in [6, 6.07) is -0.824. The van der Waals surface area contributed by atoms with E-state index in [-0.39, 0.29) is 12.5 Å². The Morgan fingerprint density at radius 1 is 0.395 bits per heavy atom.